The maximum absolute atomic E-state index is 11.8. The highest BCUT2D eigenvalue weighted by molar-refractivity contribution is 5.84. The van der Waals surface area contributed by atoms with Gasteiger partial charge in [0.2, 0.25) is 0 Å². The van der Waals surface area contributed by atoms with Gasteiger partial charge in [-0.25, -0.2) is 0 Å². The average Bonchev–Trinajstić information content (AvgIpc) is 2.69. The first-order chi connectivity index (χ1) is 9.26. The van der Waals surface area contributed by atoms with Crippen LogP contribution in [0.25, 0.3) is 10.9 Å². The summed E-state index contributed by atoms with van der Waals surface area (Å²) in [4.78, 5) is 22.1. The van der Waals surface area contributed by atoms with Crippen LogP contribution in [0.2, 0.25) is 0 Å². The van der Waals surface area contributed by atoms with Gasteiger partial charge in [-0.2, -0.15) is 0 Å². The van der Waals surface area contributed by atoms with Crippen LogP contribution in [0.1, 0.15) is 20.8 Å². The summed E-state index contributed by atoms with van der Waals surface area (Å²) >= 11 is 0. The first-order valence-corrected chi connectivity index (χ1v) is 6.21. The van der Waals surface area contributed by atoms with Gasteiger partial charge in [-0.3, -0.25) is 14.9 Å². The summed E-state index contributed by atoms with van der Waals surface area (Å²) in [6.07, 6.45) is 1.72. The summed E-state index contributed by atoms with van der Waals surface area (Å²) in [5, 5.41) is 11.6. The van der Waals surface area contributed by atoms with Gasteiger partial charge >= 0.3 is 5.97 Å². The van der Waals surface area contributed by atoms with E-state index >= 15 is 0 Å². The Balaban J connectivity index is 2.28. The molecule has 0 fully saturated rings. The van der Waals surface area contributed by atoms with Crippen molar-refractivity contribution in [2.45, 2.75) is 32.9 Å². The van der Waals surface area contributed by atoms with Crippen LogP contribution in [0, 0.1) is 10.1 Å². The van der Waals surface area contributed by atoms with Gasteiger partial charge in [0, 0.05) is 23.7 Å². The number of hydrogen-bond donors (Lipinski definition) is 0. The third-order valence-corrected chi connectivity index (χ3v) is 2.69. The fraction of sp³-hybridized carbons (Fsp3) is 0.357. The van der Waals surface area contributed by atoms with Crippen molar-refractivity contribution < 1.29 is 14.5 Å². The van der Waals surface area contributed by atoms with E-state index in [-0.39, 0.29) is 18.2 Å². The van der Waals surface area contributed by atoms with E-state index < -0.39 is 10.5 Å². The molecule has 1 aromatic carbocycles. The molecule has 0 saturated carbocycles. The van der Waals surface area contributed by atoms with Gasteiger partial charge in [-0.05, 0) is 32.9 Å². The Kier molecular flexibility index (Phi) is 3.48. The molecule has 0 radical (unpaired) electrons. The molecule has 2 rings (SSSR count). The second kappa shape index (κ2) is 4.96. The molecule has 0 saturated heterocycles. The molecule has 6 nitrogen and oxygen atoms in total. The molecule has 0 aliphatic rings. The van der Waals surface area contributed by atoms with Crippen molar-refractivity contribution in [3.63, 3.8) is 0 Å². The van der Waals surface area contributed by atoms with Gasteiger partial charge in [0.1, 0.15) is 12.1 Å². The maximum Gasteiger partial charge on any atom is 0.326 e. The number of nitrogens with zero attached hydrogens (tertiary/aromatic N) is 2. The number of rotatable bonds is 3. The molecular formula is C14H16N2O4. The molecule has 0 amide bonds. The van der Waals surface area contributed by atoms with Gasteiger partial charge in [-0.15, -0.1) is 0 Å². The second-order valence-corrected chi connectivity index (χ2v) is 5.53. The molecule has 0 N–H and O–H groups in total. The fourth-order valence-electron chi connectivity index (χ4n) is 1.94. The van der Waals surface area contributed by atoms with Crippen LogP contribution in [0.4, 0.5) is 5.69 Å². The first kappa shape index (κ1) is 14.0. The predicted molar refractivity (Wildman–Crippen MR) is 74.4 cm³/mol. The van der Waals surface area contributed by atoms with Crippen molar-refractivity contribution in [3.05, 3.63) is 40.6 Å². The molecule has 20 heavy (non-hydrogen) atoms. The van der Waals surface area contributed by atoms with Crippen LogP contribution in [0.3, 0.4) is 0 Å². The zero-order chi connectivity index (χ0) is 14.9. The van der Waals surface area contributed by atoms with Gasteiger partial charge in [0.25, 0.3) is 5.69 Å². The van der Waals surface area contributed by atoms with Crippen LogP contribution < -0.4 is 0 Å². The van der Waals surface area contributed by atoms with Gasteiger partial charge in [0.05, 0.1) is 10.4 Å². The lowest BCUT2D eigenvalue weighted by Crippen LogP contribution is -2.26. The van der Waals surface area contributed by atoms with Crippen LogP contribution >= 0.6 is 0 Å². The van der Waals surface area contributed by atoms with Gasteiger partial charge in [0.15, 0.2) is 0 Å². The smallest absolute Gasteiger partial charge is 0.326 e. The molecule has 0 atom stereocenters. The van der Waals surface area contributed by atoms with Crippen molar-refractivity contribution >= 4 is 22.6 Å². The van der Waals surface area contributed by atoms with E-state index in [0.29, 0.717) is 5.52 Å². The number of carbonyl (C=O) groups is 1. The molecule has 0 bridgehead atoms. The van der Waals surface area contributed by atoms with Gasteiger partial charge < -0.3 is 9.30 Å². The largest absolute Gasteiger partial charge is 0.459 e. The van der Waals surface area contributed by atoms with E-state index in [2.05, 4.69) is 0 Å². The zero-order valence-electron chi connectivity index (χ0n) is 11.6. The standard InChI is InChI=1S/C14H16N2O4/c1-14(2,3)20-13(17)9-15-7-6-10-4-5-11(16(18)19)8-12(10)15/h4-8H,9H2,1-3H3. The van der Waals surface area contributed by atoms with E-state index in [4.69, 9.17) is 4.74 Å². The van der Waals surface area contributed by atoms with E-state index in [9.17, 15) is 14.9 Å². The third kappa shape index (κ3) is 3.14. The number of ether oxygens (including phenoxy) is 1. The van der Waals surface area contributed by atoms with E-state index in [1.165, 1.54) is 12.1 Å². The molecule has 0 aliphatic carbocycles. The fourth-order valence-corrected chi connectivity index (χ4v) is 1.94. The normalized spacial score (nSPS) is 11.6. The topological polar surface area (TPSA) is 74.4 Å². The Morgan fingerprint density at radius 3 is 2.65 bits per heavy atom. The van der Waals surface area contributed by atoms with Crippen molar-refractivity contribution in [1.82, 2.24) is 4.57 Å². The Morgan fingerprint density at radius 1 is 1.35 bits per heavy atom. The van der Waals surface area contributed by atoms with E-state index in [1.807, 2.05) is 6.07 Å². The van der Waals surface area contributed by atoms with Gasteiger partial charge in [-0.1, -0.05) is 0 Å². The van der Waals surface area contributed by atoms with Crippen molar-refractivity contribution in [2.75, 3.05) is 0 Å². The minimum Gasteiger partial charge on any atom is -0.459 e. The monoisotopic (exact) mass is 276 g/mol. The number of non-ortho nitro benzene ring substituents is 1. The Morgan fingerprint density at radius 2 is 2.05 bits per heavy atom. The summed E-state index contributed by atoms with van der Waals surface area (Å²) in [7, 11) is 0. The average molecular weight is 276 g/mol. The SMILES string of the molecule is CC(C)(C)OC(=O)Cn1ccc2ccc([N+](=O)[O-])cc21. The zero-order valence-corrected chi connectivity index (χ0v) is 11.6. The Hall–Kier alpha value is -2.37. The first-order valence-electron chi connectivity index (χ1n) is 6.21. The summed E-state index contributed by atoms with van der Waals surface area (Å²) in [6, 6.07) is 6.38. The molecule has 2 aromatic rings. The second-order valence-electron chi connectivity index (χ2n) is 5.53. The van der Waals surface area contributed by atoms with E-state index in [0.717, 1.165) is 5.39 Å². The minimum atomic E-state index is -0.550. The molecule has 1 heterocycles. The highest BCUT2D eigenvalue weighted by Gasteiger charge is 2.17. The summed E-state index contributed by atoms with van der Waals surface area (Å²) in [5.74, 6) is -0.374. The Labute approximate surface area is 116 Å². The number of hydrogen-bond acceptors (Lipinski definition) is 4. The summed E-state index contributed by atoms with van der Waals surface area (Å²) < 4.78 is 6.89. The Bertz CT molecular complexity index is 667. The predicted octanol–water partition coefficient (Wildman–Crippen LogP) is 2.89. The summed E-state index contributed by atoms with van der Waals surface area (Å²) in [6.45, 7) is 5.42. The number of carbonyl (C=O) groups excluding carboxylic acids is 1. The lowest BCUT2D eigenvalue weighted by atomic mass is 10.2. The number of benzene rings is 1. The highest BCUT2D eigenvalue weighted by Crippen LogP contribution is 2.22. The molecule has 0 spiro atoms. The number of esters is 1. The number of nitro benzene ring substituents is 1. The van der Waals surface area contributed by atoms with Crippen molar-refractivity contribution in [3.8, 4) is 0 Å². The summed E-state index contributed by atoms with van der Waals surface area (Å²) in [5.41, 5.74) is 0.0955. The number of nitro groups is 1. The lowest BCUT2D eigenvalue weighted by Gasteiger charge is -2.19. The van der Waals surface area contributed by atoms with Crippen molar-refractivity contribution in [2.24, 2.45) is 0 Å². The maximum atomic E-state index is 11.8. The lowest BCUT2D eigenvalue weighted by molar-refractivity contribution is -0.384. The minimum absolute atomic E-state index is 0.00152. The molecule has 0 aliphatic heterocycles. The van der Waals surface area contributed by atoms with Crippen molar-refractivity contribution in [1.29, 1.82) is 0 Å². The number of aromatic nitrogens is 1. The van der Waals surface area contributed by atoms with Crippen LogP contribution in [0.15, 0.2) is 30.5 Å². The highest BCUT2D eigenvalue weighted by atomic mass is 16.6. The molecular weight excluding hydrogens is 260 g/mol. The molecule has 6 heteroatoms. The third-order valence-electron chi connectivity index (χ3n) is 2.69. The molecule has 0 unspecified atom stereocenters. The van der Waals surface area contributed by atoms with Crippen LogP contribution in [-0.4, -0.2) is 21.1 Å². The van der Waals surface area contributed by atoms with E-state index in [1.54, 1.807) is 37.6 Å². The number of fused-ring (bicyclic) bond motifs is 1. The van der Waals surface area contributed by atoms with Crippen LogP contribution in [-0.2, 0) is 16.1 Å². The molecule has 106 valence electrons. The molecule has 1 aromatic heterocycles. The quantitative estimate of drug-likeness (QED) is 0.491. The van der Waals surface area contributed by atoms with Crippen LogP contribution in [0.5, 0.6) is 0 Å².